The minimum Gasteiger partial charge on any atom is -0.351 e. The van der Waals surface area contributed by atoms with E-state index in [1.807, 2.05) is 30.3 Å². The van der Waals surface area contributed by atoms with Crippen LogP contribution in [0, 0.1) is 0 Å². The topological polar surface area (TPSA) is 42.0 Å². The fourth-order valence-electron chi connectivity index (χ4n) is 1.65. The maximum absolute atomic E-state index is 12.4. The number of benzene rings is 1. The summed E-state index contributed by atoms with van der Waals surface area (Å²) in [4.78, 5) is 16.1. The van der Waals surface area contributed by atoms with E-state index in [2.05, 4.69) is 10.3 Å². The first-order valence-electron chi connectivity index (χ1n) is 6.46. The Bertz CT molecular complexity index is 615. The summed E-state index contributed by atoms with van der Waals surface area (Å²) >= 11 is 1.58. The van der Waals surface area contributed by atoms with Crippen LogP contribution in [0.25, 0.3) is 0 Å². The molecule has 3 nitrogen and oxygen atoms in total. The van der Waals surface area contributed by atoms with Gasteiger partial charge in [-0.3, -0.25) is 9.78 Å². The molecule has 0 bridgehead atoms. The molecule has 116 valence electrons. The van der Waals surface area contributed by atoms with Crippen molar-refractivity contribution in [3.8, 4) is 0 Å². The number of rotatable bonds is 5. The van der Waals surface area contributed by atoms with Crippen molar-refractivity contribution in [1.29, 1.82) is 0 Å². The predicted molar refractivity (Wildman–Crippen MR) is 78.7 cm³/mol. The minimum atomic E-state index is -4.50. The number of hydrogen-bond donors (Lipinski definition) is 1. The lowest BCUT2D eigenvalue weighted by molar-refractivity contribution is -0.141. The zero-order valence-electron chi connectivity index (χ0n) is 11.4. The lowest BCUT2D eigenvalue weighted by atomic mass is 10.2. The summed E-state index contributed by atoms with van der Waals surface area (Å²) in [6.07, 6.45) is -3.57. The highest BCUT2D eigenvalue weighted by Crippen LogP contribution is 2.27. The van der Waals surface area contributed by atoms with Gasteiger partial charge < -0.3 is 5.32 Å². The quantitative estimate of drug-likeness (QED) is 0.674. The summed E-state index contributed by atoms with van der Waals surface area (Å²) in [5.41, 5.74) is -0.901. The number of hydrogen-bond acceptors (Lipinski definition) is 3. The van der Waals surface area contributed by atoms with Crippen LogP contribution in [-0.2, 0) is 6.18 Å². The Morgan fingerprint density at radius 3 is 2.45 bits per heavy atom. The Morgan fingerprint density at radius 1 is 1.14 bits per heavy atom. The molecule has 1 amide bonds. The van der Waals surface area contributed by atoms with Crippen molar-refractivity contribution in [1.82, 2.24) is 10.3 Å². The number of alkyl halides is 3. The third-order valence-corrected chi connectivity index (χ3v) is 3.73. The van der Waals surface area contributed by atoms with Crippen molar-refractivity contribution >= 4 is 17.7 Å². The van der Waals surface area contributed by atoms with Crippen molar-refractivity contribution in [2.24, 2.45) is 0 Å². The van der Waals surface area contributed by atoms with Crippen LogP contribution in [0.1, 0.15) is 16.1 Å². The molecule has 0 saturated heterocycles. The van der Waals surface area contributed by atoms with Gasteiger partial charge in [0.2, 0.25) is 0 Å². The summed E-state index contributed by atoms with van der Waals surface area (Å²) in [5.74, 6) is 0.235. The lowest BCUT2D eigenvalue weighted by Crippen LogP contribution is -2.26. The first-order valence-corrected chi connectivity index (χ1v) is 7.44. The molecule has 0 saturated carbocycles. The number of aromatic nitrogens is 1. The Labute approximate surface area is 129 Å². The van der Waals surface area contributed by atoms with E-state index >= 15 is 0 Å². The molecule has 22 heavy (non-hydrogen) atoms. The third kappa shape index (κ3) is 4.77. The second-order valence-corrected chi connectivity index (χ2v) is 5.52. The van der Waals surface area contributed by atoms with Crippen LogP contribution in [0.5, 0.6) is 0 Å². The monoisotopic (exact) mass is 326 g/mol. The van der Waals surface area contributed by atoms with Gasteiger partial charge in [-0.2, -0.15) is 13.2 Å². The number of amides is 1. The first-order chi connectivity index (χ1) is 10.5. The molecule has 0 aliphatic heterocycles. The molecule has 0 spiro atoms. The van der Waals surface area contributed by atoms with Gasteiger partial charge in [-0.15, -0.1) is 11.8 Å². The van der Waals surface area contributed by atoms with Crippen molar-refractivity contribution in [2.45, 2.75) is 11.1 Å². The van der Waals surface area contributed by atoms with E-state index < -0.39 is 17.8 Å². The lowest BCUT2D eigenvalue weighted by Gasteiger charge is -2.07. The van der Waals surface area contributed by atoms with Crippen molar-refractivity contribution in [3.05, 3.63) is 59.9 Å². The predicted octanol–water partition coefficient (Wildman–Crippen LogP) is 3.62. The van der Waals surface area contributed by atoms with Gasteiger partial charge in [0.1, 0.15) is 5.69 Å². The van der Waals surface area contributed by atoms with Crippen molar-refractivity contribution in [3.63, 3.8) is 0 Å². The SMILES string of the molecule is O=C(NCCSc1ccccc1)c1ccc(C(F)(F)F)nc1. The van der Waals surface area contributed by atoms with Gasteiger partial charge in [-0.25, -0.2) is 0 Å². The van der Waals surface area contributed by atoms with E-state index in [9.17, 15) is 18.0 Å². The molecular weight excluding hydrogens is 313 g/mol. The van der Waals surface area contributed by atoms with E-state index in [0.717, 1.165) is 23.2 Å². The second-order valence-electron chi connectivity index (χ2n) is 4.35. The third-order valence-electron chi connectivity index (χ3n) is 2.72. The van der Waals surface area contributed by atoms with Crippen molar-refractivity contribution in [2.75, 3.05) is 12.3 Å². The number of carbonyl (C=O) groups is 1. The van der Waals surface area contributed by atoms with E-state index in [4.69, 9.17) is 0 Å². The maximum Gasteiger partial charge on any atom is 0.433 e. The molecule has 0 atom stereocenters. The van der Waals surface area contributed by atoms with Gasteiger partial charge in [0.25, 0.3) is 5.91 Å². The van der Waals surface area contributed by atoms with Gasteiger partial charge in [-0.1, -0.05) is 18.2 Å². The minimum absolute atomic E-state index is 0.109. The van der Waals surface area contributed by atoms with Crippen molar-refractivity contribution < 1.29 is 18.0 Å². The van der Waals surface area contributed by atoms with Crippen LogP contribution in [0.15, 0.2) is 53.6 Å². The van der Waals surface area contributed by atoms with E-state index in [0.29, 0.717) is 12.3 Å². The molecule has 0 aliphatic rings. The largest absolute Gasteiger partial charge is 0.433 e. The molecule has 2 rings (SSSR count). The highest BCUT2D eigenvalue weighted by atomic mass is 32.2. The normalized spacial score (nSPS) is 11.2. The zero-order chi connectivity index (χ0) is 16.0. The standard InChI is InChI=1S/C15H13F3N2OS/c16-15(17,18)13-7-6-11(10-20-13)14(21)19-8-9-22-12-4-2-1-3-5-12/h1-7,10H,8-9H2,(H,19,21). The molecule has 1 N–H and O–H groups in total. The average molecular weight is 326 g/mol. The molecule has 0 unspecified atom stereocenters. The molecule has 0 radical (unpaired) electrons. The summed E-state index contributed by atoms with van der Waals surface area (Å²) < 4.78 is 37.1. The highest BCUT2D eigenvalue weighted by molar-refractivity contribution is 7.99. The summed E-state index contributed by atoms with van der Waals surface area (Å²) in [6, 6.07) is 11.6. The molecule has 0 aliphatic carbocycles. The number of halogens is 3. The molecule has 1 aromatic heterocycles. The zero-order valence-corrected chi connectivity index (χ0v) is 12.2. The van der Waals surface area contributed by atoms with Crippen LogP contribution in [0.3, 0.4) is 0 Å². The van der Waals surface area contributed by atoms with E-state index in [1.54, 1.807) is 11.8 Å². The highest BCUT2D eigenvalue weighted by Gasteiger charge is 2.32. The maximum atomic E-state index is 12.4. The number of nitrogens with one attached hydrogen (secondary N) is 1. The Kier molecular flexibility index (Phi) is 5.43. The fraction of sp³-hybridized carbons (Fsp3) is 0.200. The summed E-state index contributed by atoms with van der Waals surface area (Å²) in [6.45, 7) is 0.416. The number of pyridine rings is 1. The fourth-order valence-corrected chi connectivity index (χ4v) is 2.44. The van der Waals surface area contributed by atoms with Crippen LogP contribution < -0.4 is 5.32 Å². The number of carbonyl (C=O) groups excluding carboxylic acids is 1. The van der Waals surface area contributed by atoms with Gasteiger partial charge in [0.05, 0.1) is 5.56 Å². The molecular formula is C15H13F3N2OS. The Balaban J connectivity index is 1.80. The van der Waals surface area contributed by atoms with Crippen LogP contribution in [-0.4, -0.2) is 23.2 Å². The van der Waals surface area contributed by atoms with Gasteiger partial charge >= 0.3 is 6.18 Å². The molecule has 7 heteroatoms. The van der Waals surface area contributed by atoms with Crippen LogP contribution >= 0.6 is 11.8 Å². The number of thioether (sulfide) groups is 1. The second kappa shape index (κ2) is 7.31. The van der Waals surface area contributed by atoms with Crippen LogP contribution in [0.2, 0.25) is 0 Å². The van der Waals surface area contributed by atoms with Gasteiger partial charge in [0.15, 0.2) is 0 Å². The molecule has 1 aromatic carbocycles. The van der Waals surface area contributed by atoms with Crippen LogP contribution in [0.4, 0.5) is 13.2 Å². The molecule has 1 heterocycles. The Morgan fingerprint density at radius 2 is 1.86 bits per heavy atom. The molecule has 0 fully saturated rings. The average Bonchev–Trinajstić information content (AvgIpc) is 2.52. The first kappa shape index (κ1) is 16.4. The summed E-state index contributed by atoms with van der Waals surface area (Å²) in [7, 11) is 0. The Hall–Kier alpha value is -2.02. The van der Waals surface area contributed by atoms with E-state index in [1.165, 1.54) is 0 Å². The van der Waals surface area contributed by atoms with Gasteiger partial charge in [0, 0.05) is 23.4 Å². The van der Waals surface area contributed by atoms with Gasteiger partial charge in [-0.05, 0) is 24.3 Å². The van der Waals surface area contributed by atoms with E-state index in [-0.39, 0.29) is 5.56 Å². The smallest absolute Gasteiger partial charge is 0.351 e. The summed E-state index contributed by atoms with van der Waals surface area (Å²) in [5, 5.41) is 2.65. The number of nitrogens with zero attached hydrogens (tertiary/aromatic N) is 1. The molecule has 2 aromatic rings.